The van der Waals surface area contributed by atoms with Crippen molar-refractivity contribution in [2.24, 2.45) is 0 Å². The van der Waals surface area contributed by atoms with Gasteiger partial charge in [-0.25, -0.2) is 0 Å². The lowest BCUT2D eigenvalue weighted by Gasteiger charge is -2.20. The molecule has 0 saturated heterocycles. The first-order chi connectivity index (χ1) is 12.1. The zero-order valence-corrected chi connectivity index (χ0v) is 14.9. The molecule has 0 saturated carbocycles. The van der Waals surface area contributed by atoms with Crippen molar-refractivity contribution in [1.29, 1.82) is 5.26 Å². The number of carbonyl (C=O) groups is 1. The van der Waals surface area contributed by atoms with Gasteiger partial charge in [0, 0.05) is 40.1 Å². The quantitative estimate of drug-likeness (QED) is 0.480. The van der Waals surface area contributed by atoms with Crippen molar-refractivity contribution in [3.8, 4) is 11.8 Å². The van der Waals surface area contributed by atoms with E-state index in [1.807, 2.05) is 35.2 Å². The molecular formula is C18H25N3O4. The summed E-state index contributed by atoms with van der Waals surface area (Å²) in [4.78, 5) is 14.1. The van der Waals surface area contributed by atoms with Gasteiger partial charge in [0.25, 0.3) is 5.91 Å². The van der Waals surface area contributed by atoms with E-state index < -0.39 is 5.91 Å². The Balaban J connectivity index is 2.67. The minimum Gasteiger partial charge on any atom is -0.497 e. The summed E-state index contributed by atoms with van der Waals surface area (Å²) in [6.45, 7) is 2.45. The van der Waals surface area contributed by atoms with Crippen LogP contribution in [0.2, 0.25) is 0 Å². The summed E-state index contributed by atoms with van der Waals surface area (Å²) in [6, 6.07) is 9.30. The van der Waals surface area contributed by atoms with Crippen molar-refractivity contribution in [1.82, 2.24) is 10.2 Å². The van der Waals surface area contributed by atoms with Gasteiger partial charge in [0.05, 0.1) is 20.3 Å². The van der Waals surface area contributed by atoms with Crippen molar-refractivity contribution >= 4 is 5.91 Å². The molecule has 1 N–H and O–H groups in total. The highest BCUT2D eigenvalue weighted by molar-refractivity contribution is 5.97. The number of carbonyl (C=O) groups excluding carboxylic acids is 1. The maximum Gasteiger partial charge on any atom is 0.263 e. The lowest BCUT2D eigenvalue weighted by molar-refractivity contribution is -0.117. The summed E-state index contributed by atoms with van der Waals surface area (Å²) in [5.41, 5.74) is 0.961. The van der Waals surface area contributed by atoms with Crippen LogP contribution in [-0.4, -0.2) is 58.4 Å². The highest BCUT2D eigenvalue weighted by atomic mass is 16.5. The molecule has 0 unspecified atom stereocenters. The van der Waals surface area contributed by atoms with Gasteiger partial charge in [0.2, 0.25) is 0 Å². The van der Waals surface area contributed by atoms with Crippen molar-refractivity contribution < 1.29 is 19.0 Å². The number of hydrogen-bond acceptors (Lipinski definition) is 6. The van der Waals surface area contributed by atoms with Crippen LogP contribution in [0.4, 0.5) is 0 Å². The molecule has 0 aliphatic rings. The number of nitrogens with zero attached hydrogens (tertiary/aromatic N) is 2. The number of amides is 1. The standard InChI is InChI=1S/C18H25N3O4/c1-23-10-8-21(9-11-24-2)14-16(12-19)18(22)20-13-15-4-6-17(25-3)7-5-15/h4-7,14H,8-11,13H2,1-3H3,(H,20,22)/b16-14-. The van der Waals surface area contributed by atoms with Crippen LogP contribution in [0.1, 0.15) is 5.56 Å². The van der Waals surface area contributed by atoms with Gasteiger partial charge in [-0.1, -0.05) is 12.1 Å². The predicted octanol–water partition coefficient (Wildman–Crippen LogP) is 1.31. The lowest BCUT2D eigenvalue weighted by atomic mass is 10.2. The Morgan fingerprint density at radius 3 is 2.24 bits per heavy atom. The Morgan fingerprint density at radius 2 is 1.76 bits per heavy atom. The summed E-state index contributed by atoms with van der Waals surface area (Å²) in [5.74, 6) is 0.331. The van der Waals surface area contributed by atoms with Gasteiger partial charge in [-0.05, 0) is 17.7 Å². The van der Waals surface area contributed by atoms with E-state index in [2.05, 4.69) is 5.32 Å². The van der Waals surface area contributed by atoms with E-state index in [0.29, 0.717) is 32.8 Å². The molecule has 0 fully saturated rings. The van der Waals surface area contributed by atoms with E-state index >= 15 is 0 Å². The number of methoxy groups -OCH3 is 3. The third-order valence-electron chi connectivity index (χ3n) is 3.45. The maximum absolute atomic E-state index is 12.2. The van der Waals surface area contributed by atoms with Gasteiger partial charge in [-0.15, -0.1) is 0 Å². The van der Waals surface area contributed by atoms with E-state index in [1.54, 1.807) is 27.5 Å². The summed E-state index contributed by atoms with van der Waals surface area (Å²) in [7, 11) is 4.80. The molecule has 1 rings (SSSR count). The molecule has 0 radical (unpaired) electrons. The van der Waals surface area contributed by atoms with Crippen molar-refractivity contribution in [2.45, 2.75) is 6.54 Å². The number of hydrogen-bond donors (Lipinski definition) is 1. The van der Waals surface area contributed by atoms with Gasteiger partial charge >= 0.3 is 0 Å². The predicted molar refractivity (Wildman–Crippen MR) is 93.9 cm³/mol. The summed E-state index contributed by atoms with van der Waals surface area (Å²) >= 11 is 0. The smallest absolute Gasteiger partial charge is 0.263 e. The first-order valence-electron chi connectivity index (χ1n) is 7.89. The molecule has 0 atom stereocenters. The van der Waals surface area contributed by atoms with E-state index in [4.69, 9.17) is 14.2 Å². The third-order valence-corrected chi connectivity index (χ3v) is 3.45. The third kappa shape index (κ3) is 7.70. The van der Waals surface area contributed by atoms with Crippen LogP contribution in [0.15, 0.2) is 36.0 Å². The molecule has 1 amide bonds. The molecule has 0 aromatic heterocycles. The highest BCUT2D eigenvalue weighted by Gasteiger charge is 2.11. The minimum atomic E-state index is -0.418. The second-order valence-corrected chi connectivity index (χ2v) is 5.21. The largest absolute Gasteiger partial charge is 0.497 e. The SMILES string of the molecule is COCCN(/C=C(/C#N)C(=O)NCc1ccc(OC)cc1)CCOC. The normalized spacial score (nSPS) is 10.9. The maximum atomic E-state index is 12.2. The summed E-state index contributed by atoms with van der Waals surface area (Å²) in [6.07, 6.45) is 1.54. The van der Waals surface area contributed by atoms with Crippen LogP contribution in [0.5, 0.6) is 5.75 Å². The first kappa shape index (κ1) is 20.5. The fraction of sp³-hybridized carbons (Fsp3) is 0.444. The molecule has 7 nitrogen and oxygen atoms in total. The van der Waals surface area contributed by atoms with E-state index in [9.17, 15) is 10.1 Å². The van der Waals surface area contributed by atoms with Gasteiger partial charge in [0.15, 0.2) is 0 Å². The van der Waals surface area contributed by atoms with Crippen molar-refractivity contribution in [3.05, 3.63) is 41.6 Å². The van der Waals surface area contributed by atoms with Crippen LogP contribution in [0, 0.1) is 11.3 Å². The Bertz CT molecular complexity index is 585. The zero-order chi connectivity index (χ0) is 18.5. The molecule has 0 heterocycles. The molecule has 1 aromatic carbocycles. The molecule has 0 spiro atoms. The molecule has 136 valence electrons. The van der Waals surface area contributed by atoms with E-state index in [0.717, 1.165) is 11.3 Å². The van der Waals surface area contributed by atoms with E-state index in [1.165, 1.54) is 0 Å². The average Bonchev–Trinajstić information content (AvgIpc) is 2.65. The monoisotopic (exact) mass is 347 g/mol. The number of ether oxygens (including phenoxy) is 3. The Kier molecular flexibility index (Phi) is 9.75. The number of benzene rings is 1. The summed E-state index contributed by atoms with van der Waals surface area (Å²) < 4.78 is 15.2. The van der Waals surface area contributed by atoms with Gasteiger partial charge < -0.3 is 24.4 Å². The van der Waals surface area contributed by atoms with Gasteiger partial charge in [0.1, 0.15) is 17.4 Å². The molecule has 25 heavy (non-hydrogen) atoms. The van der Waals surface area contributed by atoms with Gasteiger partial charge in [-0.3, -0.25) is 4.79 Å². The lowest BCUT2D eigenvalue weighted by Crippen LogP contribution is -2.29. The highest BCUT2D eigenvalue weighted by Crippen LogP contribution is 2.11. The van der Waals surface area contributed by atoms with E-state index in [-0.39, 0.29) is 5.57 Å². The zero-order valence-electron chi connectivity index (χ0n) is 14.9. The number of nitrogens with one attached hydrogen (secondary N) is 1. The first-order valence-corrected chi connectivity index (χ1v) is 7.89. The Hall–Kier alpha value is -2.56. The van der Waals surface area contributed by atoms with Crippen molar-refractivity contribution in [2.75, 3.05) is 47.6 Å². The van der Waals surface area contributed by atoms with Crippen LogP contribution in [-0.2, 0) is 20.8 Å². The fourth-order valence-corrected chi connectivity index (χ4v) is 2.00. The molecule has 0 aliphatic heterocycles. The minimum absolute atomic E-state index is 0.0423. The average molecular weight is 347 g/mol. The van der Waals surface area contributed by atoms with Gasteiger partial charge in [-0.2, -0.15) is 5.26 Å². The van der Waals surface area contributed by atoms with Crippen molar-refractivity contribution in [3.63, 3.8) is 0 Å². The molecule has 0 bridgehead atoms. The summed E-state index contributed by atoms with van der Waals surface area (Å²) in [5, 5.41) is 12.0. The second kappa shape index (κ2) is 11.9. The van der Waals surface area contributed by atoms with Crippen LogP contribution >= 0.6 is 0 Å². The van der Waals surface area contributed by atoms with Crippen LogP contribution in [0.3, 0.4) is 0 Å². The molecular weight excluding hydrogens is 322 g/mol. The van der Waals surface area contributed by atoms with Crippen LogP contribution in [0.25, 0.3) is 0 Å². The molecule has 7 heteroatoms. The fourth-order valence-electron chi connectivity index (χ4n) is 2.00. The topological polar surface area (TPSA) is 83.8 Å². The molecule has 1 aromatic rings. The number of nitriles is 1. The van der Waals surface area contributed by atoms with Crippen LogP contribution < -0.4 is 10.1 Å². The molecule has 0 aliphatic carbocycles. The Labute approximate surface area is 148 Å². The Morgan fingerprint density at radius 1 is 1.16 bits per heavy atom. The second-order valence-electron chi connectivity index (χ2n) is 5.21. The number of rotatable bonds is 11.